The molecule has 1 heterocycles. The van der Waals surface area contributed by atoms with E-state index in [-0.39, 0.29) is 6.73 Å². The van der Waals surface area contributed by atoms with Gasteiger partial charge in [-0.25, -0.2) is 4.85 Å². The van der Waals surface area contributed by atoms with Crippen LogP contribution in [0.1, 0.15) is 0 Å². The lowest BCUT2D eigenvalue weighted by Gasteiger charge is -2.03. The average molecular weight is 258 g/mol. The van der Waals surface area contributed by atoms with Crippen LogP contribution in [-0.4, -0.2) is 13.2 Å². The van der Waals surface area contributed by atoms with E-state index in [1.54, 1.807) is 0 Å². The maximum Gasteiger partial charge on any atom is 0.294 e. The van der Waals surface area contributed by atoms with Gasteiger partial charge < -0.3 is 10.1 Å². The maximum absolute atomic E-state index is 10.1. The van der Waals surface area contributed by atoms with Crippen LogP contribution in [0.2, 0.25) is 0 Å². The Bertz CT molecular complexity index is 572. The number of carbonyl (C=O) groups is 1. The molecule has 0 radical (unpaired) electrons. The van der Waals surface area contributed by atoms with Gasteiger partial charge in [-0.15, -0.1) is 11.3 Å². The highest BCUT2D eigenvalue weighted by molar-refractivity contribution is 7.15. The lowest BCUT2D eigenvalue weighted by atomic mass is 10.1. The van der Waals surface area contributed by atoms with Crippen molar-refractivity contribution in [2.75, 3.05) is 12.0 Å². The first-order chi connectivity index (χ1) is 8.86. The first-order valence-corrected chi connectivity index (χ1v) is 6.08. The summed E-state index contributed by atoms with van der Waals surface area (Å²) < 4.78 is 4.56. The summed E-state index contributed by atoms with van der Waals surface area (Å²) in [7, 11) is 0. The Hall–Kier alpha value is -2.32. The molecule has 0 fully saturated rings. The molecule has 0 aliphatic carbocycles. The lowest BCUT2D eigenvalue weighted by Crippen LogP contribution is -2.03. The van der Waals surface area contributed by atoms with Crippen LogP contribution in [-0.2, 0) is 9.53 Å². The molecule has 5 heteroatoms. The van der Waals surface area contributed by atoms with Crippen LogP contribution >= 0.6 is 11.3 Å². The van der Waals surface area contributed by atoms with Gasteiger partial charge in [0.1, 0.15) is 0 Å². The first-order valence-electron chi connectivity index (χ1n) is 5.20. The van der Waals surface area contributed by atoms with Crippen molar-refractivity contribution in [3.8, 4) is 11.1 Å². The van der Waals surface area contributed by atoms with Crippen LogP contribution < -0.4 is 5.32 Å². The van der Waals surface area contributed by atoms with Gasteiger partial charge in [-0.05, 0) is 10.9 Å². The number of benzene rings is 1. The average Bonchev–Trinajstić information content (AvgIpc) is 2.83. The molecule has 0 amide bonds. The third kappa shape index (κ3) is 2.50. The molecule has 1 aromatic heterocycles. The summed E-state index contributed by atoms with van der Waals surface area (Å²) in [6.45, 7) is 7.69. The zero-order chi connectivity index (χ0) is 12.8. The van der Waals surface area contributed by atoms with Crippen molar-refractivity contribution in [1.29, 1.82) is 0 Å². The largest absolute Gasteiger partial charge is 0.447 e. The molecule has 0 atom stereocenters. The monoisotopic (exact) mass is 258 g/mol. The van der Waals surface area contributed by atoms with E-state index in [4.69, 9.17) is 6.57 Å². The zero-order valence-electron chi connectivity index (χ0n) is 9.42. The molecule has 2 rings (SSSR count). The van der Waals surface area contributed by atoms with E-state index in [9.17, 15) is 4.79 Å². The molecule has 0 bridgehead atoms. The molecule has 1 aromatic carbocycles. The Morgan fingerprint density at radius 2 is 2.17 bits per heavy atom. The molecule has 18 heavy (non-hydrogen) atoms. The summed E-state index contributed by atoms with van der Waals surface area (Å²) >= 11 is 1.43. The van der Waals surface area contributed by atoms with Crippen LogP contribution in [0.4, 0.5) is 10.7 Å². The summed E-state index contributed by atoms with van der Waals surface area (Å²) in [5.74, 6) is 0. The number of carbonyl (C=O) groups excluding carboxylic acids is 1. The van der Waals surface area contributed by atoms with Crippen LogP contribution in [0, 0.1) is 6.57 Å². The summed E-state index contributed by atoms with van der Waals surface area (Å²) in [5, 5.41) is 5.54. The fourth-order valence-corrected chi connectivity index (χ4v) is 2.44. The van der Waals surface area contributed by atoms with E-state index in [1.807, 2.05) is 35.7 Å². The van der Waals surface area contributed by atoms with Gasteiger partial charge in [0.05, 0.1) is 11.6 Å². The van der Waals surface area contributed by atoms with Crippen molar-refractivity contribution in [1.82, 2.24) is 0 Å². The molecule has 1 N–H and O–H groups in total. The third-order valence-corrected chi connectivity index (χ3v) is 3.27. The van der Waals surface area contributed by atoms with Gasteiger partial charge in [0, 0.05) is 5.56 Å². The van der Waals surface area contributed by atoms with Gasteiger partial charge in [0.25, 0.3) is 6.47 Å². The van der Waals surface area contributed by atoms with Crippen molar-refractivity contribution in [2.45, 2.75) is 0 Å². The maximum atomic E-state index is 10.1. The molecule has 90 valence electrons. The number of thiophene rings is 1. The molecule has 2 aromatic rings. The van der Waals surface area contributed by atoms with Gasteiger partial charge in [-0.1, -0.05) is 30.3 Å². The van der Waals surface area contributed by atoms with Crippen LogP contribution in [0.3, 0.4) is 0 Å². The minimum absolute atomic E-state index is 0.0702. The number of ether oxygens (including phenoxy) is 1. The van der Waals surface area contributed by atoms with Crippen molar-refractivity contribution in [3.05, 3.63) is 47.1 Å². The Morgan fingerprint density at radius 3 is 2.83 bits per heavy atom. The SMILES string of the molecule is [C-]#[N+]c1c(-c2ccccc2)csc1NCOC=O. The van der Waals surface area contributed by atoms with Crippen LogP contribution in [0.15, 0.2) is 35.7 Å². The fourth-order valence-electron chi connectivity index (χ4n) is 1.55. The molecule has 0 saturated heterocycles. The lowest BCUT2D eigenvalue weighted by molar-refractivity contribution is -0.127. The Balaban J connectivity index is 2.28. The molecule has 0 aliphatic heterocycles. The van der Waals surface area contributed by atoms with Gasteiger partial charge in [-0.3, -0.25) is 4.79 Å². The molecule has 0 unspecified atom stereocenters. The molecule has 4 nitrogen and oxygen atoms in total. The molecular formula is C13H10N2O2S. The van der Waals surface area contributed by atoms with E-state index in [1.165, 1.54) is 11.3 Å². The van der Waals surface area contributed by atoms with Gasteiger partial charge in [-0.2, -0.15) is 0 Å². The van der Waals surface area contributed by atoms with Crippen molar-refractivity contribution >= 4 is 28.5 Å². The molecular weight excluding hydrogens is 248 g/mol. The van der Waals surface area contributed by atoms with Crippen molar-refractivity contribution in [3.63, 3.8) is 0 Å². The second-order valence-corrected chi connectivity index (χ2v) is 4.27. The highest BCUT2D eigenvalue weighted by Gasteiger charge is 2.12. The fraction of sp³-hybridized carbons (Fsp3) is 0.0769. The summed E-state index contributed by atoms with van der Waals surface area (Å²) in [6.07, 6.45) is 0. The van der Waals surface area contributed by atoms with Gasteiger partial charge >= 0.3 is 0 Å². The number of hydrogen-bond acceptors (Lipinski definition) is 4. The van der Waals surface area contributed by atoms with Crippen molar-refractivity contribution < 1.29 is 9.53 Å². The summed E-state index contributed by atoms with van der Waals surface area (Å²) in [5.41, 5.74) is 2.45. The number of anilines is 1. The standard InChI is InChI=1S/C13H10N2O2S/c1-14-12-11(10-5-3-2-4-6-10)7-18-13(12)15-8-17-9-16/h2-7,9,15H,8H2. The predicted octanol–water partition coefficient (Wildman–Crippen LogP) is 3.51. The predicted molar refractivity (Wildman–Crippen MR) is 71.7 cm³/mol. The molecule has 0 aliphatic rings. The van der Waals surface area contributed by atoms with Gasteiger partial charge in [0.15, 0.2) is 6.73 Å². The Labute approximate surface area is 109 Å². The molecule has 0 spiro atoms. The second-order valence-electron chi connectivity index (χ2n) is 3.39. The van der Waals surface area contributed by atoms with E-state index in [0.717, 1.165) is 11.1 Å². The highest BCUT2D eigenvalue weighted by atomic mass is 32.1. The summed E-state index contributed by atoms with van der Waals surface area (Å²) in [4.78, 5) is 13.6. The van der Waals surface area contributed by atoms with Crippen molar-refractivity contribution in [2.24, 2.45) is 0 Å². The second kappa shape index (κ2) is 5.84. The topological polar surface area (TPSA) is 42.7 Å². The Morgan fingerprint density at radius 1 is 1.39 bits per heavy atom. The van der Waals surface area contributed by atoms with E-state index < -0.39 is 0 Å². The van der Waals surface area contributed by atoms with E-state index >= 15 is 0 Å². The van der Waals surface area contributed by atoms with E-state index in [2.05, 4.69) is 14.9 Å². The number of rotatable bonds is 5. The number of nitrogens with zero attached hydrogens (tertiary/aromatic N) is 1. The van der Waals surface area contributed by atoms with Gasteiger partial charge in [0.2, 0.25) is 5.69 Å². The smallest absolute Gasteiger partial charge is 0.294 e. The highest BCUT2D eigenvalue weighted by Crippen LogP contribution is 2.42. The number of hydrogen-bond donors (Lipinski definition) is 1. The normalized spacial score (nSPS) is 9.50. The van der Waals surface area contributed by atoms with Crippen LogP contribution in [0.25, 0.3) is 16.0 Å². The minimum Gasteiger partial charge on any atom is -0.447 e. The first kappa shape index (κ1) is 12.1. The van der Waals surface area contributed by atoms with Crippen LogP contribution in [0.5, 0.6) is 0 Å². The third-order valence-electron chi connectivity index (χ3n) is 2.35. The van der Waals surface area contributed by atoms with E-state index in [0.29, 0.717) is 17.2 Å². The minimum atomic E-state index is 0.0702. The summed E-state index contributed by atoms with van der Waals surface area (Å²) in [6, 6.07) is 9.72. The zero-order valence-corrected chi connectivity index (χ0v) is 10.2. The molecule has 0 saturated carbocycles. The Kier molecular flexibility index (Phi) is 3.94. The quantitative estimate of drug-likeness (QED) is 0.386. The number of nitrogens with one attached hydrogen (secondary N) is 1.